The lowest BCUT2D eigenvalue weighted by Gasteiger charge is -2.34. The lowest BCUT2D eigenvalue weighted by Crippen LogP contribution is -2.49. The first-order valence-electron chi connectivity index (χ1n) is 6.79. The second-order valence-electron chi connectivity index (χ2n) is 4.96. The van der Waals surface area contributed by atoms with E-state index in [4.69, 9.17) is 10.9 Å². The van der Waals surface area contributed by atoms with Crippen LogP contribution in [0.25, 0.3) is 11.0 Å². The molecular weight excluding hydrogens is 270 g/mol. The van der Waals surface area contributed by atoms with Gasteiger partial charge in [0.2, 0.25) is 5.95 Å². The molecule has 2 aromatic rings. The Balaban J connectivity index is 1.68. The third-order valence-electron chi connectivity index (χ3n) is 3.52. The Morgan fingerprint density at radius 3 is 2.57 bits per heavy atom. The summed E-state index contributed by atoms with van der Waals surface area (Å²) in [6, 6.07) is 7.69. The third kappa shape index (κ3) is 3.00. The number of para-hydroxylation sites is 1. The van der Waals surface area contributed by atoms with E-state index in [1.165, 1.54) is 0 Å². The number of amidine groups is 1. The number of hydrogen-bond donors (Lipinski definition) is 2. The Bertz CT molecular complexity index is 652. The van der Waals surface area contributed by atoms with Gasteiger partial charge in [-0.1, -0.05) is 17.3 Å². The van der Waals surface area contributed by atoms with E-state index >= 15 is 0 Å². The second-order valence-corrected chi connectivity index (χ2v) is 4.96. The van der Waals surface area contributed by atoms with Crippen LogP contribution in [-0.4, -0.2) is 63.8 Å². The average Bonchev–Trinajstić information content (AvgIpc) is 2.55. The molecule has 0 radical (unpaired) electrons. The number of nitrogens with zero attached hydrogens (tertiary/aromatic N) is 6. The highest BCUT2D eigenvalue weighted by molar-refractivity contribution is 5.81. The first-order chi connectivity index (χ1) is 10.3. The lowest BCUT2D eigenvalue weighted by atomic mass is 10.3. The van der Waals surface area contributed by atoms with E-state index in [0.29, 0.717) is 12.5 Å². The number of aromatic nitrogens is 3. The van der Waals surface area contributed by atoms with Crippen LogP contribution in [0.4, 0.5) is 5.95 Å². The Morgan fingerprint density at radius 1 is 1.14 bits per heavy atom. The van der Waals surface area contributed by atoms with Gasteiger partial charge < -0.3 is 15.8 Å². The van der Waals surface area contributed by atoms with Crippen molar-refractivity contribution in [2.75, 3.05) is 37.6 Å². The van der Waals surface area contributed by atoms with Crippen molar-refractivity contribution in [1.82, 2.24) is 20.1 Å². The average molecular weight is 287 g/mol. The normalized spacial score (nSPS) is 17.3. The number of nitrogens with two attached hydrogens (primary N) is 1. The monoisotopic (exact) mass is 287 g/mol. The summed E-state index contributed by atoms with van der Waals surface area (Å²) in [6.07, 6.45) is 0. The second kappa shape index (κ2) is 5.88. The number of rotatable bonds is 3. The molecule has 3 rings (SSSR count). The van der Waals surface area contributed by atoms with Gasteiger partial charge in [-0.2, -0.15) is 0 Å². The molecule has 3 N–H and O–H groups in total. The Kier molecular flexibility index (Phi) is 3.78. The number of hydrogen-bond acceptors (Lipinski definition) is 7. The minimum atomic E-state index is 0.229. The summed E-state index contributed by atoms with van der Waals surface area (Å²) in [6.45, 7) is 3.68. The standard InChI is InChI=1S/C13H17N7O/c14-12(18-21)9-19-5-7-20(8-6-19)13-15-10-3-1-2-4-11(10)16-17-13/h1-4,21H,5-9H2,(H2,14,18). The minimum absolute atomic E-state index is 0.229. The Morgan fingerprint density at radius 2 is 1.86 bits per heavy atom. The van der Waals surface area contributed by atoms with E-state index in [-0.39, 0.29) is 5.84 Å². The van der Waals surface area contributed by atoms with Crippen molar-refractivity contribution < 1.29 is 5.21 Å². The van der Waals surface area contributed by atoms with Crippen molar-refractivity contribution >= 4 is 22.8 Å². The van der Waals surface area contributed by atoms with Crippen LogP contribution in [-0.2, 0) is 0 Å². The van der Waals surface area contributed by atoms with Gasteiger partial charge in [0.1, 0.15) is 5.52 Å². The molecule has 0 unspecified atom stereocenters. The highest BCUT2D eigenvalue weighted by Gasteiger charge is 2.20. The van der Waals surface area contributed by atoms with Crippen molar-refractivity contribution in [2.24, 2.45) is 10.9 Å². The van der Waals surface area contributed by atoms with Gasteiger partial charge in [-0.05, 0) is 12.1 Å². The van der Waals surface area contributed by atoms with Crippen molar-refractivity contribution in [1.29, 1.82) is 0 Å². The first-order valence-corrected chi connectivity index (χ1v) is 6.79. The van der Waals surface area contributed by atoms with E-state index < -0.39 is 0 Å². The maximum atomic E-state index is 8.59. The molecule has 8 nitrogen and oxygen atoms in total. The van der Waals surface area contributed by atoms with Gasteiger partial charge in [0.05, 0.1) is 12.1 Å². The molecule has 1 aromatic heterocycles. The minimum Gasteiger partial charge on any atom is -0.409 e. The zero-order valence-electron chi connectivity index (χ0n) is 11.6. The smallest absolute Gasteiger partial charge is 0.246 e. The molecule has 21 heavy (non-hydrogen) atoms. The Labute approximate surface area is 121 Å². The first kappa shape index (κ1) is 13.5. The van der Waals surface area contributed by atoms with Crippen LogP contribution in [0, 0.1) is 0 Å². The summed E-state index contributed by atoms with van der Waals surface area (Å²) < 4.78 is 0. The van der Waals surface area contributed by atoms with Crippen molar-refractivity contribution in [3.63, 3.8) is 0 Å². The van der Waals surface area contributed by atoms with Crippen LogP contribution in [0.1, 0.15) is 0 Å². The van der Waals surface area contributed by atoms with Crippen molar-refractivity contribution in [3.05, 3.63) is 24.3 Å². The third-order valence-corrected chi connectivity index (χ3v) is 3.52. The van der Waals surface area contributed by atoms with E-state index in [1.54, 1.807) is 0 Å². The summed E-state index contributed by atoms with van der Waals surface area (Å²) in [7, 11) is 0. The van der Waals surface area contributed by atoms with Gasteiger partial charge in [0.15, 0.2) is 5.84 Å². The molecule has 0 atom stereocenters. The Hall–Kier alpha value is -2.48. The van der Waals surface area contributed by atoms with E-state index in [0.717, 1.165) is 37.2 Å². The molecule has 1 aliphatic heterocycles. The number of anilines is 1. The van der Waals surface area contributed by atoms with E-state index in [1.807, 2.05) is 24.3 Å². The zero-order chi connectivity index (χ0) is 14.7. The van der Waals surface area contributed by atoms with E-state index in [2.05, 4.69) is 30.1 Å². The molecule has 1 aromatic carbocycles. The number of fused-ring (bicyclic) bond motifs is 1. The van der Waals surface area contributed by atoms with Gasteiger partial charge in [-0.25, -0.2) is 4.98 Å². The molecule has 0 amide bonds. The predicted molar refractivity (Wildman–Crippen MR) is 79.4 cm³/mol. The molecular formula is C13H17N7O. The molecule has 2 heterocycles. The maximum Gasteiger partial charge on any atom is 0.246 e. The molecule has 1 saturated heterocycles. The van der Waals surface area contributed by atoms with Crippen LogP contribution in [0.5, 0.6) is 0 Å². The summed E-state index contributed by atoms with van der Waals surface area (Å²) in [4.78, 5) is 8.77. The van der Waals surface area contributed by atoms with Gasteiger partial charge in [-0.3, -0.25) is 4.90 Å². The summed E-state index contributed by atoms with van der Waals surface area (Å²) in [5.41, 5.74) is 7.17. The predicted octanol–water partition coefficient (Wildman–Crippen LogP) is -0.107. The van der Waals surface area contributed by atoms with Crippen LogP contribution >= 0.6 is 0 Å². The quantitative estimate of drug-likeness (QED) is 0.351. The summed E-state index contributed by atoms with van der Waals surface area (Å²) in [5, 5.41) is 20.0. The molecule has 0 saturated carbocycles. The number of benzene rings is 1. The lowest BCUT2D eigenvalue weighted by molar-refractivity contribution is 0.277. The zero-order valence-corrected chi connectivity index (χ0v) is 11.6. The molecule has 0 aliphatic carbocycles. The molecule has 0 bridgehead atoms. The van der Waals surface area contributed by atoms with Crippen LogP contribution < -0.4 is 10.6 Å². The molecule has 8 heteroatoms. The topological polar surface area (TPSA) is 104 Å². The van der Waals surface area contributed by atoms with Gasteiger partial charge in [0.25, 0.3) is 0 Å². The van der Waals surface area contributed by atoms with Crippen molar-refractivity contribution in [3.8, 4) is 0 Å². The largest absolute Gasteiger partial charge is 0.409 e. The maximum absolute atomic E-state index is 8.59. The fraction of sp³-hybridized carbons (Fsp3) is 0.385. The fourth-order valence-corrected chi connectivity index (χ4v) is 2.37. The van der Waals surface area contributed by atoms with Crippen LogP contribution in [0.15, 0.2) is 29.4 Å². The highest BCUT2D eigenvalue weighted by Crippen LogP contribution is 2.14. The van der Waals surface area contributed by atoms with Crippen LogP contribution in [0.2, 0.25) is 0 Å². The molecule has 110 valence electrons. The summed E-state index contributed by atoms with van der Waals surface area (Å²) >= 11 is 0. The number of oxime groups is 1. The molecule has 1 fully saturated rings. The molecule has 0 spiro atoms. The van der Waals surface area contributed by atoms with Crippen molar-refractivity contribution in [2.45, 2.75) is 0 Å². The molecule has 1 aliphatic rings. The van der Waals surface area contributed by atoms with Crippen LogP contribution in [0.3, 0.4) is 0 Å². The fourth-order valence-electron chi connectivity index (χ4n) is 2.37. The van der Waals surface area contributed by atoms with Gasteiger partial charge in [-0.15, -0.1) is 10.2 Å². The highest BCUT2D eigenvalue weighted by atomic mass is 16.4. The van der Waals surface area contributed by atoms with Gasteiger partial charge >= 0.3 is 0 Å². The van der Waals surface area contributed by atoms with Gasteiger partial charge in [0, 0.05) is 26.2 Å². The van der Waals surface area contributed by atoms with E-state index in [9.17, 15) is 0 Å². The SMILES string of the molecule is N/C(CN1CCN(c2nnc3ccccc3n2)CC1)=N/O. The number of piperazine rings is 1. The summed E-state index contributed by atoms with van der Waals surface area (Å²) in [5.74, 6) is 0.879.